The maximum atomic E-state index is 8.60. The predicted octanol–water partition coefficient (Wildman–Crippen LogP) is 1.74. The van der Waals surface area contributed by atoms with E-state index >= 15 is 0 Å². The molecule has 6 nitrogen and oxygen atoms in total. The van der Waals surface area contributed by atoms with Crippen LogP contribution in [-0.4, -0.2) is 22.1 Å². The van der Waals surface area contributed by atoms with Crippen molar-refractivity contribution in [1.29, 1.82) is 0 Å². The third kappa shape index (κ3) is 3.68. The Balaban J connectivity index is 2.96. The number of nitrogens with zero attached hydrogens (tertiary/aromatic N) is 2. The molecule has 86 valence electrons. The molecule has 0 saturated carbocycles. The first-order valence-electron chi connectivity index (χ1n) is 4.66. The van der Waals surface area contributed by atoms with Crippen LogP contribution in [0.15, 0.2) is 34.3 Å². The summed E-state index contributed by atoms with van der Waals surface area (Å²) in [6.07, 6.45) is 0. The second-order valence-electron chi connectivity index (χ2n) is 3.14. The maximum Gasteiger partial charge on any atom is 0.123 e. The Hall–Kier alpha value is -1.92. The van der Waals surface area contributed by atoms with Crippen molar-refractivity contribution in [2.24, 2.45) is 9.98 Å². The minimum Gasteiger partial charge on any atom is -0.290 e. The summed E-state index contributed by atoms with van der Waals surface area (Å²) < 4.78 is 0. The second-order valence-corrected chi connectivity index (χ2v) is 3.14. The number of hydroxylamine groups is 2. The third-order valence-electron chi connectivity index (χ3n) is 1.75. The molecule has 0 aliphatic carbocycles. The van der Waals surface area contributed by atoms with E-state index in [2.05, 4.69) is 9.98 Å². The Kier molecular flexibility index (Phi) is 4.43. The van der Waals surface area contributed by atoms with Gasteiger partial charge in [-0.25, -0.2) is 9.98 Å². The van der Waals surface area contributed by atoms with Crippen molar-refractivity contribution in [2.75, 3.05) is 0 Å². The first-order chi connectivity index (χ1) is 7.65. The summed E-state index contributed by atoms with van der Waals surface area (Å²) in [5.74, 6) is 0.774. The van der Waals surface area contributed by atoms with Crippen LogP contribution >= 0.6 is 0 Å². The Bertz CT molecular complexity index is 380. The standard InChI is InChI=1S/C10H14N4O2/c1-7(13-15)11-9-4-3-5-10(6-9)12-8(2)14-16/h3-6,15-16H,1-2H3,(H,11,13)(H,12,14). The second kappa shape index (κ2) is 5.84. The van der Waals surface area contributed by atoms with Gasteiger partial charge in [0, 0.05) is 0 Å². The maximum absolute atomic E-state index is 8.60. The van der Waals surface area contributed by atoms with E-state index in [0.29, 0.717) is 23.0 Å². The van der Waals surface area contributed by atoms with Crippen molar-refractivity contribution < 1.29 is 10.4 Å². The molecular weight excluding hydrogens is 208 g/mol. The van der Waals surface area contributed by atoms with Crippen LogP contribution < -0.4 is 11.0 Å². The first-order valence-corrected chi connectivity index (χ1v) is 4.66. The number of rotatable bonds is 2. The number of aliphatic imine (C=N–C) groups is 2. The molecule has 0 fully saturated rings. The molecule has 1 aromatic carbocycles. The van der Waals surface area contributed by atoms with Gasteiger partial charge in [0.05, 0.1) is 11.4 Å². The van der Waals surface area contributed by atoms with Crippen LogP contribution in [0, 0.1) is 0 Å². The molecule has 0 aliphatic rings. The van der Waals surface area contributed by atoms with E-state index in [4.69, 9.17) is 10.4 Å². The Morgan fingerprint density at radius 1 is 1.00 bits per heavy atom. The number of hydrogen-bond donors (Lipinski definition) is 4. The molecule has 0 aromatic heterocycles. The molecule has 0 spiro atoms. The van der Waals surface area contributed by atoms with Crippen LogP contribution in [0.1, 0.15) is 13.8 Å². The van der Waals surface area contributed by atoms with Crippen LogP contribution in [0.5, 0.6) is 0 Å². The van der Waals surface area contributed by atoms with Gasteiger partial charge >= 0.3 is 0 Å². The topological polar surface area (TPSA) is 89.2 Å². The summed E-state index contributed by atoms with van der Waals surface area (Å²) in [4.78, 5) is 8.15. The highest BCUT2D eigenvalue weighted by atomic mass is 16.5. The van der Waals surface area contributed by atoms with E-state index in [1.165, 1.54) is 0 Å². The van der Waals surface area contributed by atoms with Gasteiger partial charge in [-0.05, 0) is 32.0 Å². The fraction of sp³-hybridized carbons (Fsp3) is 0.200. The molecule has 0 amide bonds. The largest absolute Gasteiger partial charge is 0.290 e. The predicted molar refractivity (Wildman–Crippen MR) is 61.8 cm³/mol. The van der Waals surface area contributed by atoms with Crippen molar-refractivity contribution in [2.45, 2.75) is 13.8 Å². The molecule has 1 aromatic rings. The number of nitrogens with one attached hydrogen (secondary N) is 2. The Morgan fingerprint density at radius 2 is 1.44 bits per heavy atom. The van der Waals surface area contributed by atoms with Crippen LogP contribution in [-0.2, 0) is 0 Å². The molecule has 0 radical (unpaired) electrons. The number of hydrogen-bond acceptors (Lipinski definition) is 4. The zero-order valence-corrected chi connectivity index (χ0v) is 9.10. The van der Waals surface area contributed by atoms with Gasteiger partial charge in [0.25, 0.3) is 0 Å². The molecule has 1 rings (SSSR count). The molecule has 4 N–H and O–H groups in total. The molecule has 6 heteroatoms. The van der Waals surface area contributed by atoms with Gasteiger partial charge in [-0.3, -0.25) is 21.4 Å². The average molecular weight is 222 g/mol. The highest BCUT2D eigenvalue weighted by Gasteiger charge is 1.95. The minimum atomic E-state index is 0.387. The number of benzene rings is 1. The first kappa shape index (κ1) is 12.2. The molecule has 16 heavy (non-hydrogen) atoms. The summed E-state index contributed by atoms with van der Waals surface area (Å²) in [5.41, 5.74) is 5.21. The van der Waals surface area contributed by atoms with Gasteiger partial charge in [-0.15, -0.1) is 0 Å². The average Bonchev–Trinajstić information content (AvgIpc) is 2.29. The quantitative estimate of drug-likeness (QED) is 0.348. The zero-order chi connectivity index (χ0) is 12.0. The summed E-state index contributed by atoms with van der Waals surface area (Å²) in [5, 5.41) is 17.2. The lowest BCUT2D eigenvalue weighted by molar-refractivity contribution is 0.233. The zero-order valence-electron chi connectivity index (χ0n) is 9.10. The molecule has 0 heterocycles. The van der Waals surface area contributed by atoms with Crippen molar-refractivity contribution in [3.63, 3.8) is 0 Å². The van der Waals surface area contributed by atoms with Crippen molar-refractivity contribution in [3.8, 4) is 0 Å². The SMILES string of the molecule is CC(=Nc1cccc(N=C(C)NO)c1)NO. The van der Waals surface area contributed by atoms with Gasteiger partial charge in [0.1, 0.15) is 11.7 Å². The van der Waals surface area contributed by atoms with E-state index in [1.54, 1.807) is 38.1 Å². The summed E-state index contributed by atoms with van der Waals surface area (Å²) >= 11 is 0. The number of amidine groups is 2. The molecular formula is C10H14N4O2. The molecule has 0 unspecified atom stereocenters. The van der Waals surface area contributed by atoms with Crippen LogP contribution in [0.4, 0.5) is 11.4 Å². The minimum absolute atomic E-state index is 0.387. The smallest absolute Gasteiger partial charge is 0.123 e. The van der Waals surface area contributed by atoms with E-state index in [-0.39, 0.29) is 0 Å². The molecule has 0 atom stereocenters. The van der Waals surface area contributed by atoms with Gasteiger partial charge in [0.2, 0.25) is 0 Å². The Labute approximate surface area is 93.3 Å². The van der Waals surface area contributed by atoms with Gasteiger partial charge in [-0.2, -0.15) is 0 Å². The van der Waals surface area contributed by atoms with Gasteiger partial charge in [-0.1, -0.05) is 6.07 Å². The van der Waals surface area contributed by atoms with Crippen molar-refractivity contribution in [3.05, 3.63) is 24.3 Å². The Morgan fingerprint density at radius 3 is 1.81 bits per heavy atom. The van der Waals surface area contributed by atoms with E-state index in [0.717, 1.165) is 0 Å². The van der Waals surface area contributed by atoms with Gasteiger partial charge < -0.3 is 0 Å². The monoisotopic (exact) mass is 222 g/mol. The van der Waals surface area contributed by atoms with Crippen LogP contribution in [0.25, 0.3) is 0 Å². The summed E-state index contributed by atoms with van der Waals surface area (Å²) in [7, 11) is 0. The summed E-state index contributed by atoms with van der Waals surface area (Å²) in [6.45, 7) is 3.27. The van der Waals surface area contributed by atoms with Gasteiger partial charge in [0.15, 0.2) is 0 Å². The molecule has 0 bridgehead atoms. The molecule has 0 saturated heterocycles. The van der Waals surface area contributed by atoms with Crippen molar-refractivity contribution in [1.82, 2.24) is 11.0 Å². The fourth-order valence-electron chi connectivity index (χ4n) is 1.07. The van der Waals surface area contributed by atoms with Crippen molar-refractivity contribution >= 4 is 23.0 Å². The lowest BCUT2D eigenvalue weighted by Gasteiger charge is -2.01. The lowest BCUT2D eigenvalue weighted by Crippen LogP contribution is -2.14. The van der Waals surface area contributed by atoms with Crippen LogP contribution in [0.2, 0.25) is 0 Å². The normalized spacial score (nSPS) is 12.5. The summed E-state index contributed by atoms with van der Waals surface area (Å²) in [6, 6.07) is 7.07. The highest BCUT2D eigenvalue weighted by Crippen LogP contribution is 2.20. The molecule has 0 aliphatic heterocycles. The highest BCUT2D eigenvalue weighted by molar-refractivity contribution is 5.83. The van der Waals surface area contributed by atoms with E-state index in [9.17, 15) is 0 Å². The third-order valence-corrected chi connectivity index (χ3v) is 1.75. The van der Waals surface area contributed by atoms with Crippen LogP contribution in [0.3, 0.4) is 0 Å². The fourth-order valence-corrected chi connectivity index (χ4v) is 1.07. The lowest BCUT2D eigenvalue weighted by atomic mass is 10.3. The van der Waals surface area contributed by atoms with E-state index < -0.39 is 0 Å². The van der Waals surface area contributed by atoms with E-state index in [1.807, 2.05) is 11.0 Å².